The summed E-state index contributed by atoms with van der Waals surface area (Å²) in [7, 11) is 2.85. The van der Waals surface area contributed by atoms with Gasteiger partial charge in [-0.2, -0.15) is 0 Å². The molecule has 4 nitrogen and oxygen atoms in total. The topological polar surface area (TPSA) is 52.6 Å². The molecule has 102 valence electrons. The maximum Gasteiger partial charge on any atom is 0.338 e. The number of esters is 1. The molecule has 0 fully saturated rings. The van der Waals surface area contributed by atoms with Gasteiger partial charge in [0.25, 0.3) is 0 Å². The van der Waals surface area contributed by atoms with Crippen molar-refractivity contribution in [2.24, 2.45) is 0 Å². The van der Waals surface area contributed by atoms with Crippen LogP contribution in [0.5, 0.6) is 5.75 Å². The molecular weight excluding hydrogens is 256 g/mol. The SMILES string of the molecule is COC(=O)c1ccccc1C(=O)c1ccc(OC)cc1. The monoisotopic (exact) mass is 270 g/mol. The largest absolute Gasteiger partial charge is 0.497 e. The van der Waals surface area contributed by atoms with Crippen LogP contribution in [0.15, 0.2) is 48.5 Å². The number of carbonyl (C=O) groups is 2. The third-order valence-corrected chi connectivity index (χ3v) is 2.93. The summed E-state index contributed by atoms with van der Waals surface area (Å²) in [5.41, 5.74) is 1.07. The molecule has 0 N–H and O–H groups in total. The van der Waals surface area contributed by atoms with E-state index in [1.807, 2.05) is 0 Å². The van der Waals surface area contributed by atoms with Crippen LogP contribution in [0.3, 0.4) is 0 Å². The van der Waals surface area contributed by atoms with Gasteiger partial charge in [0.05, 0.1) is 19.8 Å². The number of methoxy groups -OCH3 is 2. The van der Waals surface area contributed by atoms with Gasteiger partial charge in [-0.15, -0.1) is 0 Å². The van der Waals surface area contributed by atoms with E-state index < -0.39 is 5.97 Å². The first-order valence-electron chi connectivity index (χ1n) is 6.03. The molecule has 0 saturated carbocycles. The summed E-state index contributed by atoms with van der Waals surface area (Å²) in [6.07, 6.45) is 0. The van der Waals surface area contributed by atoms with Crippen LogP contribution in [0.25, 0.3) is 0 Å². The summed E-state index contributed by atoms with van der Waals surface area (Å²) in [5.74, 6) is -0.0843. The zero-order valence-corrected chi connectivity index (χ0v) is 11.3. The van der Waals surface area contributed by atoms with Crippen LogP contribution in [0.4, 0.5) is 0 Å². The van der Waals surface area contributed by atoms with E-state index in [4.69, 9.17) is 4.74 Å². The van der Waals surface area contributed by atoms with Crippen LogP contribution < -0.4 is 4.74 Å². The highest BCUT2D eigenvalue weighted by Crippen LogP contribution is 2.18. The molecule has 0 aliphatic heterocycles. The Kier molecular flexibility index (Phi) is 4.15. The van der Waals surface area contributed by atoms with Gasteiger partial charge in [-0.3, -0.25) is 4.79 Å². The fraction of sp³-hybridized carbons (Fsp3) is 0.125. The maximum atomic E-state index is 12.4. The van der Waals surface area contributed by atoms with Gasteiger partial charge in [0.15, 0.2) is 5.78 Å². The fourth-order valence-electron chi connectivity index (χ4n) is 1.87. The van der Waals surface area contributed by atoms with E-state index in [2.05, 4.69) is 4.74 Å². The Labute approximate surface area is 116 Å². The Balaban J connectivity index is 2.40. The van der Waals surface area contributed by atoms with Crippen LogP contribution in [-0.4, -0.2) is 26.0 Å². The Bertz CT molecular complexity index is 629. The first-order chi connectivity index (χ1) is 9.67. The summed E-state index contributed by atoms with van der Waals surface area (Å²) in [5, 5.41) is 0. The van der Waals surface area contributed by atoms with Crippen LogP contribution >= 0.6 is 0 Å². The zero-order chi connectivity index (χ0) is 14.5. The predicted molar refractivity (Wildman–Crippen MR) is 74.2 cm³/mol. The Morgan fingerprint density at radius 1 is 0.850 bits per heavy atom. The first kappa shape index (κ1) is 13.8. The van der Waals surface area contributed by atoms with Crippen molar-refractivity contribution in [3.05, 3.63) is 65.2 Å². The van der Waals surface area contributed by atoms with Crippen molar-refractivity contribution in [2.45, 2.75) is 0 Å². The Hall–Kier alpha value is -2.62. The van der Waals surface area contributed by atoms with Gasteiger partial charge in [0, 0.05) is 11.1 Å². The van der Waals surface area contributed by atoms with Crippen molar-refractivity contribution >= 4 is 11.8 Å². The van der Waals surface area contributed by atoms with Crippen molar-refractivity contribution in [2.75, 3.05) is 14.2 Å². The fourth-order valence-corrected chi connectivity index (χ4v) is 1.87. The van der Waals surface area contributed by atoms with Gasteiger partial charge in [0.1, 0.15) is 5.75 Å². The lowest BCUT2D eigenvalue weighted by atomic mass is 9.98. The molecule has 0 aliphatic carbocycles. The lowest BCUT2D eigenvalue weighted by Crippen LogP contribution is -2.11. The van der Waals surface area contributed by atoms with E-state index in [0.29, 0.717) is 16.9 Å². The molecule has 20 heavy (non-hydrogen) atoms. The average Bonchev–Trinajstić information content (AvgIpc) is 2.53. The highest BCUT2D eigenvalue weighted by atomic mass is 16.5. The minimum absolute atomic E-state index is 0.228. The maximum absolute atomic E-state index is 12.4. The third-order valence-electron chi connectivity index (χ3n) is 2.93. The second-order valence-corrected chi connectivity index (χ2v) is 4.09. The predicted octanol–water partition coefficient (Wildman–Crippen LogP) is 2.71. The van der Waals surface area contributed by atoms with Gasteiger partial charge in [-0.05, 0) is 30.3 Å². The van der Waals surface area contributed by atoms with Crippen LogP contribution in [-0.2, 0) is 4.74 Å². The lowest BCUT2D eigenvalue weighted by molar-refractivity contribution is 0.0597. The van der Waals surface area contributed by atoms with Crippen LogP contribution in [0.1, 0.15) is 26.3 Å². The molecule has 0 amide bonds. The highest BCUT2D eigenvalue weighted by Gasteiger charge is 2.18. The van der Waals surface area contributed by atoms with Crippen LogP contribution in [0, 0.1) is 0 Å². The van der Waals surface area contributed by atoms with E-state index in [1.165, 1.54) is 7.11 Å². The van der Waals surface area contributed by atoms with Crippen LogP contribution in [0.2, 0.25) is 0 Å². The quantitative estimate of drug-likeness (QED) is 0.633. The second kappa shape index (κ2) is 6.02. The minimum atomic E-state index is -0.525. The molecule has 2 aromatic rings. The third kappa shape index (κ3) is 2.69. The van der Waals surface area contributed by atoms with Gasteiger partial charge >= 0.3 is 5.97 Å². The zero-order valence-electron chi connectivity index (χ0n) is 11.3. The lowest BCUT2D eigenvalue weighted by Gasteiger charge is -2.07. The van der Waals surface area contributed by atoms with E-state index in [1.54, 1.807) is 55.6 Å². The molecule has 0 aromatic heterocycles. The molecule has 2 aromatic carbocycles. The van der Waals surface area contributed by atoms with E-state index in [9.17, 15) is 9.59 Å². The van der Waals surface area contributed by atoms with Crippen molar-refractivity contribution < 1.29 is 19.1 Å². The molecule has 0 unspecified atom stereocenters. The van der Waals surface area contributed by atoms with Gasteiger partial charge in [-0.25, -0.2) is 4.79 Å². The molecule has 0 saturated heterocycles. The van der Waals surface area contributed by atoms with E-state index in [0.717, 1.165) is 0 Å². The van der Waals surface area contributed by atoms with Gasteiger partial charge < -0.3 is 9.47 Å². The van der Waals surface area contributed by atoms with E-state index in [-0.39, 0.29) is 11.3 Å². The normalized spacial score (nSPS) is 9.90. The number of ether oxygens (including phenoxy) is 2. The average molecular weight is 270 g/mol. The molecule has 0 bridgehead atoms. The molecule has 0 atom stereocenters. The summed E-state index contributed by atoms with van der Waals surface area (Å²) in [4.78, 5) is 24.1. The summed E-state index contributed by atoms with van der Waals surface area (Å²) < 4.78 is 9.74. The van der Waals surface area contributed by atoms with Crippen molar-refractivity contribution in [1.29, 1.82) is 0 Å². The van der Waals surface area contributed by atoms with Gasteiger partial charge in [-0.1, -0.05) is 18.2 Å². The molecule has 2 rings (SSSR count). The second-order valence-electron chi connectivity index (χ2n) is 4.09. The Morgan fingerprint density at radius 2 is 1.45 bits per heavy atom. The van der Waals surface area contributed by atoms with E-state index >= 15 is 0 Å². The summed E-state index contributed by atoms with van der Waals surface area (Å²) in [6, 6.07) is 13.3. The highest BCUT2D eigenvalue weighted by molar-refractivity contribution is 6.14. The number of benzene rings is 2. The summed E-state index contributed by atoms with van der Waals surface area (Å²) in [6.45, 7) is 0. The number of rotatable bonds is 4. The number of hydrogen-bond acceptors (Lipinski definition) is 4. The molecule has 0 spiro atoms. The molecule has 0 radical (unpaired) electrons. The number of carbonyl (C=O) groups excluding carboxylic acids is 2. The number of hydrogen-bond donors (Lipinski definition) is 0. The standard InChI is InChI=1S/C16H14O4/c1-19-12-9-7-11(8-10-12)15(17)13-5-3-4-6-14(13)16(18)20-2/h3-10H,1-2H3. The first-order valence-corrected chi connectivity index (χ1v) is 6.03. The van der Waals surface area contributed by atoms with Crippen molar-refractivity contribution in [3.63, 3.8) is 0 Å². The van der Waals surface area contributed by atoms with Crippen molar-refractivity contribution in [1.82, 2.24) is 0 Å². The smallest absolute Gasteiger partial charge is 0.338 e. The summed E-state index contributed by atoms with van der Waals surface area (Å²) >= 11 is 0. The Morgan fingerprint density at radius 3 is 2.00 bits per heavy atom. The number of ketones is 1. The molecule has 4 heteroatoms. The molecular formula is C16H14O4. The minimum Gasteiger partial charge on any atom is -0.497 e. The van der Waals surface area contributed by atoms with Gasteiger partial charge in [0.2, 0.25) is 0 Å². The van der Waals surface area contributed by atoms with Crippen molar-refractivity contribution in [3.8, 4) is 5.75 Å². The molecule has 0 heterocycles. The molecule has 0 aliphatic rings.